The van der Waals surface area contributed by atoms with Crippen molar-refractivity contribution in [1.29, 1.82) is 0 Å². The van der Waals surface area contributed by atoms with Gasteiger partial charge in [-0.1, -0.05) is 66.7 Å². The van der Waals surface area contributed by atoms with Crippen LogP contribution in [0.5, 0.6) is 0 Å². The zero-order valence-electron chi connectivity index (χ0n) is 20.3. The number of thiophene rings is 1. The van der Waals surface area contributed by atoms with E-state index in [0.717, 1.165) is 4.47 Å². The number of nitrogens with zero attached hydrogens (tertiary/aromatic N) is 2. The fraction of sp³-hybridized carbons (Fsp3) is 0. The van der Waals surface area contributed by atoms with Crippen LogP contribution in [-0.2, 0) is 0 Å². The van der Waals surface area contributed by atoms with E-state index in [0.29, 0.717) is 0 Å². The zero-order chi connectivity index (χ0) is 25.2. The van der Waals surface area contributed by atoms with E-state index in [2.05, 4.69) is 151 Å². The first-order valence-electron chi connectivity index (χ1n) is 12.6. The van der Waals surface area contributed by atoms with Gasteiger partial charge in [0.25, 0.3) is 0 Å². The van der Waals surface area contributed by atoms with Crippen LogP contribution in [0.25, 0.3) is 66.1 Å². The van der Waals surface area contributed by atoms with Crippen LogP contribution in [0.3, 0.4) is 0 Å². The molecule has 180 valence electrons. The van der Waals surface area contributed by atoms with Gasteiger partial charge in [-0.15, -0.1) is 11.3 Å². The maximum absolute atomic E-state index is 3.76. The van der Waals surface area contributed by atoms with Crippen molar-refractivity contribution < 1.29 is 0 Å². The van der Waals surface area contributed by atoms with E-state index in [9.17, 15) is 0 Å². The quantitative estimate of drug-likeness (QED) is 0.200. The largest absolute Gasteiger partial charge is 0.309 e. The molecular formula is C34H21BrN2S. The smallest absolute Gasteiger partial charge is 0.0711 e. The maximum atomic E-state index is 3.76. The molecule has 5 aromatic carbocycles. The van der Waals surface area contributed by atoms with Crippen LogP contribution in [0.1, 0.15) is 0 Å². The van der Waals surface area contributed by atoms with E-state index < -0.39 is 0 Å². The average molecular weight is 570 g/mol. The van der Waals surface area contributed by atoms with Gasteiger partial charge in [0, 0.05) is 38.0 Å². The summed E-state index contributed by atoms with van der Waals surface area (Å²) in [5.74, 6) is 0. The molecule has 0 aliphatic carbocycles. The predicted molar refractivity (Wildman–Crippen MR) is 166 cm³/mol. The lowest BCUT2D eigenvalue weighted by Crippen LogP contribution is -1.93. The number of hydrogen-bond donors (Lipinski definition) is 0. The van der Waals surface area contributed by atoms with Crippen molar-refractivity contribution in [2.24, 2.45) is 0 Å². The molecule has 0 aliphatic heterocycles. The predicted octanol–water partition coefficient (Wildman–Crippen LogP) is 10.4. The van der Waals surface area contributed by atoms with Crippen molar-refractivity contribution in [2.45, 2.75) is 0 Å². The molecule has 0 unspecified atom stereocenters. The molecule has 0 fully saturated rings. The van der Waals surface area contributed by atoms with Crippen LogP contribution in [0.15, 0.2) is 130 Å². The van der Waals surface area contributed by atoms with E-state index in [4.69, 9.17) is 0 Å². The number of halogens is 1. The fourth-order valence-corrected chi connectivity index (χ4v) is 7.29. The van der Waals surface area contributed by atoms with Gasteiger partial charge in [-0.05, 0) is 75.6 Å². The van der Waals surface area contributed by atoms with E-state index in [1.807, 2.05) is 0 Å². The van der Waals surface area contributed by atoms with Crippen molar-refractivity contribution in [1.82, 2.24) is 9.13 Å². The van der Waals surface area contributed by atoms with Gasteiger partial charge < -0.3 is 9.13 Å². The molecule has 4 heteroatoms. The van der Waals surface area contributed by atoms with Gasteiger partial charge in [0.15, 0.2) is 0 Å². The second-order valence-corrected chi connectivity index (χ2v) is 11.2. The van der Waals surface area contributed by atoms with E-state index >= 15 is 0 Å². The average Bonchev–Trinajstić information content (AvgIpc) is 3.64. The highest BCUT2D eigenvalue weighted by Crippen LogP contribution is 2.39. The molecule has 3 heterocycles. The number of aromatic nitrogens is 2. The van der Waals surface area contributed by atoms with Crippen molar-refractivity contribution in [2.75, 3.05) is 0 Å². The molecule has 8 aromatic rings. The van der Waals surface area contributed by atoms with Crippen molar-refractivity contribution >= 4 is 70.9 Å². The fourth-order valence-electron chi connectivity index (χ4n) is 5.85. The Morgan fingerprint density at radius 3 is 1.61 bits per heavy atom. The number of rotatable bonds is 3. The minimum atomic E-state index is 1.12. The molecule has 0 atom stereocenters. The summed E-state index contributed by atoms with van der Waals surface area (Å²) in [5.41, 5.74) is 9.71. The minimum absolute atomic E-state index is 1.12. The van der Waals surface area contributed by atoms with Crippen LogP contribution in [0, 0.1) is 0 Å². The second kappa shape index (κ2) is 8.45. The van der Waals surface area contributed by atoms with Gasteiger partial charge in [0.2, 0.25) is 0 Å². The monoisotopic (exact) mass is 568 g/mol. The summed E-state index contributed by atoms with van der Waals surface area (Å²) in [4.78, 5) is 0. The van der Waals surface area contributed by atoms with Crippen LogP contribution < -0.4 is 0 Å². The number of benzene rings is 5. The van der Waals surface area contributed by atoms with E-state index in [1.54, 1.807) is 11.3 Å². The van der Waals surface area contributed by atoms with E-state index in [1.165, 1.54) is 66.1 Å². The number of hydrogen-bond acceptors (Lipinski definition) is 1. The van der Waals surface area contributed by atoms with Crippen LogP contribution >= 0.6 is 27.3 Å². The summed E-state index contributed by atoms with van der Waals surface area (Å²) in [7, 11) is 0. The third-order valence-corrected chi connectivity index (χ3v) is 9.20. The maximum Gasteiger partial charge on any atom is 0.0711 e. The molecule has 0 saturated heterocycles. The molecule has 8 rings (SSSR count). The molecule has 0 radical (unpaired) electrons. The first-order valence-corrected chi connectivity index (χ1v) is 14.4. The molecule has 38 heavy (non-hydrogen) atoms. The molecule has 0 saturated carbocycles. The molecule has 0 aliphatic rings. The molecule has 0 bridgehead atoms. The Labute approximate surface area is 232 Å². The Morgan fingerprint density at radius 2 is 1.00 bits per heavy atom. The van der Waals surface area contributed by atoms with Gasteiger partial charge in [-0.3, -0.25) is 0 Å². The summed E-state index contributed by atoms with van der Waals surface area (Å²) < 4.78 is 5.85. The molecule has 2 nitrogen and oxygen atoms in total. The van der Waals surface area contributed by atoms with Crippen LogP contribution in [0.2, 0.25) is 0 Å². The van der Waals surface area contributed by atoms with Crippen LogP contribution in [0.4, 0.5) is 0 Å². The highest BCUT2D eigenvalue weighted by atomic mass is 79.9. The lowest BCUT2D eigenvalue weighted by Gasteiger charge is -2.09. The number of para-hydroxylation sites is 3. The Bertz CT molecular complexity index is 2150. The first kappa shape index (κ1) is 21.9. The van der Waals surface area contributed by atoms with Crippen LogP contribution in [-0.4, -0.2) is 9.13 Å². The topological polar surface area (TPSA) is 9.86 Å². The third kappa shape index (κ3) is 3.17. The Balaban J connectivity index is 1.37. The van der Waals surface area contributed by atoms with Gasteiger partial charge >= 0.3 is 0 Å². The molecule has 0 amide bonds. The standard InChI is InChI=1S/C34H21BrN2S/c35-29-20-38-21-34(29)37-31-13-7-5-11-26(31)28-19-23(15-17-33(28)37)22-14-16-32-27(18-22)25-10-4-6-12-30(25)36(32)24-8-2-1-3-9-24/h1-21H. The molecule has 0 N–H and O–H groups in total. The van der Waals surface area contributed by atoms with Gasteiger partial charge in [0.05, 0.1) is 32.2 Å². The summed E-state index contributed by atoms with van der Waals surface area (Å²) in [6.07, 6.45) is 0. The van der Waals surface area contributed by atoms with Crippen molar-refractivity contribution in [3.63, 3.8) is 0 Å². The van der Waals surface area contributed by atoms with Crippen molar-refractivity contribution in [3.8, 4) is 22.5 Å². The zero-order valence-corrected chi connectivity index (χ0v) is 22.7. The summed E-state index contributed by atoms with van der Waals surface area (Å²) >= 11 is 5.47. The SMILES string of the molecule is Brc1cscc1-n1c2ccccc2c2cc(-c3ccc4c(c3)c3ccccc3n4-c3ccccc3)ccc21. The Kier molecular flexibility index (Phi) is 4.87. The summed E-state index contributed by atoms with van der Waals surface area (Å²) in [6.45, 7) is 0. The lowest BCUT2D eigenvalue weighted by atomic mass is 10.0. The third-order valence-electron chi connectivity index (χ3n) is 7.53. The minimum Gasteiger partial charge on any atom is -0.309 e. The summed E-state index contributed by atoms with van der Waals surface area (Å²) in [6, 6.07) is 41.8. The number of fused-ring (bicyclic) bond motifs is 6. The highest BCUT2D eigenvalue weighted by molar-refractivity contribution is 9.10. The Hall–Kier alpha value is -4.12. The lowest BCUT2D eigenvalue weighted by molar-refractivity contribution is 1.18. The molecule has 3 aromatic heterocycles. The Morgan fingerprint density at radius 1 is 0.474 bits per heavy atom. The van der Waals surface area contributed by atoms with Gasteiger partial charge in [0.1, 0.15) is 0 Å². The van der Waals surface area contributed by atoms with E-state index in [-0.39, 0.29) is 0 Å². The first-order chi connectivity index (χ1) is 18.8. The second-order valence-electron chi connectivity index (χ2n) is 9.61. The highest BCUT2D eigenvalue weighted by Gasteiger charge is 2.16. The molecular weight excluding hydrogens is 548 g/mol. The van der Waals surface area contributed by atoms with Gasteiger partial charge in [-0.2, -0.15) is 0 Å². The van der Waals surface area contributed by atoms with Gasteiger partial charge in [-0.25, -0.2) is 0 Å². The summed E-state index contributed by atoms with van der Waals surface area (Å²) in [5, 5.41) is 9.43. The normalized spacial score (nSPS) is 11.8. The van der Waals surface area contributed by atoms with Crippen molar-refractivity contribution in [3.05, 3.63) is 130 Å². The molecule has 0 spiro atoms.